The number of rotatable bonds is 2. The van der Waals surface area contributed by atoms with Gasteiger partial charge in [-0.2, -0.15) is 0 Å². The maximum Gasteiger partial charge on any atom is 0.0897 e. The van der Waals surface area contributed by atoms with Crippen molar-refractivity contribution in [3.8, 4) is 0 Å². The number of fused-ring (bicyclic) bond motifs is 8. The second-order valence-electron chi connectivity index (χ2n) is 9.52. The Kier molecular flexibility index (Phi) is 3.96. The maximum atomic E-state index is 3.74. The van der Waals surface area contributed by atoms with E-state index in [2.05, 4.69) is 138 Å². The van der Waals surface area contributed by atoms with Crippen LogP contribution in [0.1, 0.15) is 5.56 Å². The molecule has 0 N–H and O–H groups in total. The summed E-state index contributed by atoms with van der Waals surface area (Å²) < 4.78 is 2.38. The molecule has 1 nitrogen and oxygen atoms in total. The van der Waals surface area contributed by atoms with Gasteiger partial charge in [-0.1, -0.05) is 103 Å². The molecule has 0 saturated heterocycles. The van der Waals surface area contributed by atoms with Crippen LogP contribution in [0.3, 0.4) is 0 Å². The first kappa shape index (κ1) is 19.5. The summed E-state index contributed by atoms with van der Waals surface area (Å²) in [5.74, 6) is 0. The molecule has 8 rings (SSSR count). The molecular formula is C35H21N. The van der Waals surface area contributed by atoms with E-state index in [1.54, 1.807) is 0 Å². The first-order chi connectivity index (χ1) is 17.8. The highest BCUT2D eigenvalue weighted by molar-refractivity contribution is 6.29. The van der Waals surface area contributed by atoms with Crippen molar-refractivity contribution < 1.29 is 0 Å². The molecule has 7 aromatic rings. The summed E-state index contributed by atoms with van der Waals surface area (Å²) in [7, 11) is 0. The van der Waals surface area contributed by atoms with E-state index in [9.17, 15) is 0 Å². The third-order valence-electron chi connectivity index (χ3n) is 7.52. The third-order valence-corrected chi connectivity index (χ3v) is 7.52. The Morgan fingerprint density at radius 1 is 0.472 bits per heavy atom. The minimum Gasteiger partial charge on any atom is -0.302 e. The predicted molar refractivity (Wildman–Crippen MR) is 154 cm³/mol. The molecule has 0 atom stereocenters. The molecule has 0 unspecified atom stereocenters. The first-order valence-corrected chi connectivity index (χ1v) is 12.4. The fourth-order valence-corrected chi connectivity index (χ4v) is 5.85. The van der Waals surface area contributed by atoms with Gasteiger partial charge in [0.2, 0.25) is 0 Å². The minimum atomic E-state index is 1.07. The molecular weight excluding hydrogens is 434 g/mol. The fourth-order valence-electron chi connectivity index (χ4n) is 5.85. The zero-order chi connectivity index (χ0) is 23.6. The average molecular weight is 456 g/mol. The van der Waals surface area contributed by atoms with Gasteiger partial charge in [0.05, 0.1) is 16.7 Å². The molecule has 0 radical (unpaired) electrons. The highest BCUT2D eigenvalue weighted by atomic mass is 15.0. The zero-order valence-electron chi connectivity index (χ0n) is 19.6. The molecule has 0 aliphatic heterocycles. The van der Waals surface area contributed by atoms with Crippen molar-refractivity contribution in [3.05, 3.63) is 139 Å². The molecule has 1 aliphatic rings. The molecule has 0 bridgehead atoms. The minimum absolute atomic E-state index is 1.07. The number of hydrogen-bond acceptors (Lipinski definition) is 0. The Morgan fingerprint density at radius 2 is 1.03 bits per heavy atom. The lowest BCUT2D eigenvalue weighted by atomic mass is 10.00. The topological polar surface area (TPSA) is 4.93 Å². The Bertz CT molecular complexity index is 2030. The molecule has 36 heavy (non-hydrogen) atoms. The van der Waals surface area contributed by atoms with Crippen LogP contribution >= 0.6 is 0 Å². The molecule has 1 aromatic heterocycles. The summed E-state index contributed by atoms with van der Waals surface area (Å²) in [6, 6.07) is 41.6. The number of nitrogens with zero attached hydrogens (tertiary/aromatic N) is 1. The van der Waals surface area contributed by atoms with Crippen molar-refractivity contribution in [2.45, 2.75) is 0 Å². The van der Waals surface area contributed by atoms with Crippen molar-refractivity contribution in [2.24, 2.45) is 0 Å². The van der Waals surface area contributed by atoms with Crippen LogP contribution in [0, 0.1) is 0 Å². The van der Waals surface area contributed by atoms with E-state index >= 15 is 0 Å². The summed E-state index contributed by atoms with van der Waals surface area (Å²) in [5.41, 5.74) is 9.55. The van der Waals surface area contributed by atoms with Crippen LogP contribution < -0.4 is 0 Å². The summed E-state index contributed by atoms with van der Waals surface area (Å²) in [6.45, 7) is 0. The predicted octanol–water partition coefficient (Wildman–Crippen LogP) is 9.35. The lowest BCUT2D eigenvalue weighted by molar-refractivity contribution is 1.25. The van der Waals surface area contributed by atoms with Crippen LogP contribution in [0.2, 0.25) is 0 Å². The molecule has 1 heteroatoms. The van der Waals surface area contributed by atoms with Gasteiger partial charge in [-0.3, -0.25) is 0 Å². The van der Waals surface area contributed by atoms with Crippen molar-refractivity contribution in [1.29, 1.82) is 0 Å². The Balaban J connectivity index is 1.48. The van der Waals surface area contributed by atoms with Crippen LogP contribution in [-0.4, -0.2) is 4.57 Å². The maximum absolute atomic E-state index is 3.74. The van der Waals surface area contributed by atoms with E-state index < -0.39 is 0 Å². The second-order valence-corrected chi connectivity index (χ2v) is 9.52. The average Bonchev–Trinajstić information content (AvgIpc) is 3.56. The van der Waals surface area contributed by atoms with E-state index in [1.165, 1.54) is 59.7 Å². The van der Waals surface area contributed by atoms with E-state index in [1.807, 2.05) is 0 Å². The van der Waals surface area contributed by atoms with Crippen molar-refractivity contribution >= 4 is 65.4 Å². The molecule has 0 saturated carbocycles. The van der Waals surface area contributed by atoms with E-state index in [4.69, 9.17) is 0 Å². The van der Waals surface area contributed by atoms with Gasteiger partial charge in [-0.15, -0.1) is 0 Å². The van der Waals surface area contributed by atoms with E-state index in [-0.39, 0.29) is 0 Å². The fraction of sp³-hybridized carbons (Fsp3) is 0. The van der Waals surface area contributed by atoms with Crippen LogP contribution in [-0.2, 0) is 0 Å². The summed E-state index contributed by atoms with van der Waals surface area (Å²) >= 11 is 0. The zero-order valence-corrected chi connectivity index (χ0v) is 19.6. The molecule has 0 amide bonds. The first-order valence-electron chi connectivity index (χ1n) is 12.4. The van der Waals surface area contributed by atoms with E-state index in [0.29, 0.717) is 0 Å². The van der Waals surface area contributed by atoms with Crippen LogP contribution in [0.15, 0.2) is 133 Å². The molecule has 166 valence electrons. The monoisotopic (exact) mass is 455 g/mol. The van der Waals surface area contributed by atoms with Crippen molar-refractivity contribution in [1.82, 2.24) is 4.57 Å². The second kappa shape index (κ2) is 7.33. The largest absolute Gasteiger partial charge is 0.302 e. The lowest BCUT2D eigenvalue weighted by Crippen LogP contribution is -1.92. The van der Waals surface area contributed by atoms with E-state index in [0.717, 1.165) is 11.3 Å². The standard InChI is InChI=1S/C35H21N/c1-2-10-26-21-27(14-13-23(26)7-1)28-15-18-29(22-28)36-32-19-16-24-8-3-5-11-30(24)34(32)35-31-12-6-4-9-25(31)17-20-33(35)36/h1-21H. The van der Waals surface area contributed by atoms with Gasteiger partial charge < -0.3 is 4.57 Å². The third kappa shape index (κ3) is 2.72. The van der Waals surface area contributed by atoms with Gasteiger partial charge in [0.25, 0.3) is 0 Å². The SMILES string of the molecule is C1=C(c2ccc3ccccc3c2)C=CC=1n1c2ccc3ccccc3c2c2c3ccccc3ccc21. The molecule has 0 fully saturated rings. The van der Waals surface area contributed by atoms with Crippen LogP contribution in [0.5, 0.6) is 0 Å². The van der Waals surface area contributed by atoms with Crippen LogP contribution in [0.25, 0.3) is 65.4 Å². The number of hydrogen-bond donors (Lipinski definition) is 0. The number of aromatic nitrogens is 1. The quantitative estimate of drug-likeness (QED) is 0.229. The molecule has 0 spiro atoms. The van der Waals surface area contributed by atoms with Gasteiger partial charge in [0, 0.05) is 16.3 Å². The van der Waals surface area contributed by atoms with Gasteiger partial charge in [0.15, 0.2) is 0 Å². The summed E-state index contributed by atoms with van der Waals surface area (Å²) in [6.07, 6.45) is 4.40. The van der Waals surface area contributed by atoms with Crippen molar-refractivity contribution in [2.75, 3.05) is 0 Å². The Morgan fingerprint density at radius 3 is 1.69 bits per heavy atom. The van der Waals surface area contributed by atoms with Crippen molar-refractivity contribution in [3.63, 3.8) is 0 Å². The molecule has 1 heterocycles. The highest BCUT2D eigenvalue weighted by Gasteiger charge is 2.18. The van der Waals surface area contributed by atoms with Gasteiger partial charge in [-0.25, -0.2) is 0 Å². The van der Waals surface area contributed by atoms with Gasteiger partial charge in [0.1, 0.15) is 0 Å². The summed E-state index contributed by atoms with van der Waals surface area (Å²) in [4.78, 5) is 0. The van der Waals surface area contributed by atoms with Crippen LogP contribution in [0.4, 0.5) is 0 Å². The highest BCUT2D eigenvalue weighted by Crippen LogP contribution is 2.41. The van der Waals surface area contributed by atoms with Gasteiger partial charge >= 0.3 is 0 Å². The number of allylic oxidation sites excluding steroid dienone is 3. The molecule has 6 aromatic carbocycles. The Hall–Kier alpha value is -4.84. The lowest BCUT2D eigenvalue weighted by Gasteiger charge is -2.06. The van der Waals surface area contributed by atoms with Gasteiger partial charge in [-0.05, 0) is 68.2 Å². The normalized spacial score (nSPS) is 13.3. The smallest absolute Gasteiger partial charge is 0.0897 e. The Labute approximate surface area is 208 Å². The molecule has 1 aliphatic carbocycles. The summed E-state index contributed by atoms with van der Waals surface area (Å²) in [5, 5.41) is 10.2. The number of benzene rings is 6.